The van der Waals surface area contributed by atoms with Crippen LogP contribution < -0.4 is 0 Å². The van der Waals surface area contributed by atoms with Crippen LogP contribution in [0.5, 0.6) is 0 Å². The van der Waals surface area contributed by atoms with E-state index in [1.165, 1.54) is 11.3 Å². The Morgan fingerprint density at radius 2 is 2.28 bits per heavy atom. The van der Waals surface area contributed by atoms with E-state index in [-0.39, 0.29) is 5.92 Å². The number of hydrogen-bond donors (Lipinski definition) is 1. The fraction of sp³-hybridized carbons (Fsp3) is 0.333. The molecule has 1 N–H and O–H groups in total. The van der Waals surface area contributed by atoms with E-state index in [4.69, 9.17) is 9.84 Å². The topological polar surface area (TPSA) is 59.4 Å². The number of thiazole rings is 1. The van der Waals surface area contributed by atoms with E-state index < -0.39 is 5.97 Å². The van der Waals surface area contributed by atoms with Gasteiger partial charge in [-0.3, -0.25) is 0 Å². The van der Waals surface area contributed by atoms with Gasteiger partial charge in [-0.25, -0.2) is 9.78 Å². The second-order valence-corrected chi connectivity index (χ2v) is 5.73. The predicted molar refractivity (Wildman–Crippen MR) is 72.7 cm³/mol. The third-order valence-electron chi connectivity index (χ3n) is 2.46. The van der Waals surface area contributed by atoms with Gasteiger partial charge < -0.3 is 9.84 Å². The zero-order chi connectivity index (χ0) is 13.1. The minimum absolute atomic E-state index is 0.257. The van der Waals surface area contributed by atoms with Crippen molar-refractivity contribution in [3.8, 4) is 10.6 Å². The lowest BCUT2D eigenvalue weighted by Gasteiger charge is -2.04. The molecule has 2 aromatic rings. The average Bonchev–Trinajstić information content (AvgIpc) is 2.98. The molecule has 6 heteroatoms. The van der Waals surface area contributed by atoms with E-state index in [2.05, 4.69) is 11.9 Å². The van der Waals surface area contributed by atoms with Crippen LogP contribution in [0.1, 0.15) is 28.2 Å². The Kier molecular flexibility index (Phi) is 4.11. The first-order valence-electron chi connectivity index (χ1n) is 5.38. The lowest BCUT2D eigenvalue weighted by Crippen LogP contribution is -2.00. The Morgan fingerprint density at radius 1 is 1.50 bits per heavy atom. The van der Waals surface area contributed by atoms with Crippen molar-refractivity contribution in [3.63, 3.8) is 0 Å². The first-order valence-corrected chi connectivity index (χ1v) is 7.14. The summed E-state index contributed by atoms with van der Waals surface area (Å²) in [5, 5.41) is 13.5. The number of thiophene rings is 1. The number of methoxy groups -OCH3 is 1. The Balaban J connectivity index is 2.20. The summed E-state index contributed by atoms with van der Waals surface area (Å²) in [4.78, 5) is 16.2. The van der Waals surface area contributed by atoms with Crippen molar-refractivity contribution >= 4 is 28.6 Å². The van der Waals surface area contributed by atoms with Crippen LogP contribution in [0.3, 0.4) is 0 Å². The van der Waals surface area contributed by atoms with Gasteiger partial charge in [-0.1, -0.05) is 6.92 Å². The molecule has 0 aliphatic rings. The zero-order valence-corrected chi connectivity index (χ0v) is 11.7. The highest BCUT2D eigenvalue weighted by Gasteiger charge is 2.14. The monoisotopic (exact) mass is 283 g/mol. The molecule has 0 aliphatic heterocycles. The summed E-state index contributed by atoms with van der Waals surface area (Å²) in [6.45, 7) is 2.70. The summed E-state index contributed by atoms with van der Waals surface area (Å²) >= 11 is 2.98. The fourth-order valence-electron chi connectivity index (χ4n) is 1.53. The molecule has 0 amide bonds. The Hall–Kier alpha value is -1.24. The van der Waals surface area contributed by atoms with Gasteiger partial charge >= 0.3 is 5.97 Å². The van der Waals surface area contributed by atoms with E-state index in [1.807, 2.05) is 5.38 Å². The molecular weight excluding hydrogens is 270 g/mol. The largest absolute Gasteiger partial charge is 0.478 e. The number of aromatic nitrogens is 1. The number of carboxylic acids is 1. The van der Waals surface area contributed by atoms with Crippen LogP contribution in [0.25, 0.3) is 10.6 Å². The quantitative estimate of drug-likeness (QED) is 0.914. The summed E-state index contributed by atoms with van der Waals surface area (Å²) in [6, 6.07) is 1.66. The van der Waals surface area contributed by atoms with Crippen LogP contribution in [0, 0.1) is 0 Å². The second kappa shape index (κ2) is 5.60. The van der Waals surface area contributed by atoms with Gasteiger partial charge in [0.05, 0.1) is 27.7 Å². The second-order valence-electron chi connectivity index (χ2n) is 3.93. The third kappa shape index (κ3) is 2.77. The lowest BCUT2D eigenvalue weighted by molar-refractivity contribution is 0.0697. The normalized spacial score (nSPS) is 12.6. The van der Waals surface area contributed by atoms with Crippen LogP contribution in [-0.4, -0.2) is 29.8 Å². The average molecular weight is 283 g/mol. The standard InChI is InChI=1S/C12H13NO3S2/c1-7(4-16-2)11-13-9(6-18-11)10-3-8(5-17-10)12(14)15/h3,5-7H,4H2,1-2H3,(H,14,15). The van der Waals surface area contributed by atoms with Crippen molar-refractivity contribution in [2.24, 2.45) is 0 Å². The maximum absolute atomic E-state index is 10.8. The van der Waals surface area contributed by atoms with Crippen molar-refractivity contribution < 1.29 is 14.6 Å². The highest BCUT2D eigenvalue weighted by atomic mass is 32.1. The molecule has 18 heavy (non-hydrogen) atoms. The number of carboxylic acid groups (broad SMARTS) is 1. The molecule has 0 saturated heterocycles. The van der Waals surface area contributed by atoms with E-state index in [0.29, 0.717) is 12.2 Å². The van der Waals surface area contributed by atoms with Gasteiger partial charge in [-0.15, -0.1) is 22.7 Å². The number of carbonyl (C=O) groups is 1. The third-order valence-corrected chi connectivity index (χ3v) is 4.49. The fourth-order valence-corrected chi connectivity index (χ4v) is 3.31. The SMILES string of the molecule is COCC(C)c1nc(-c2cc(C(=O)O)cs2)cs1. The number of ether oxygens (including phenoxy) is 1. The Bertz CT molecular complexity index is 547. The minimum Gasteiger partial charge on any atom is -0.478 e. The molecule has 2 heterocycles. The molecule has 96 valence electrons. The molecule has 0 fully saturated rings. The Morgan fingerprint density at radius 3 is 2.89 bits per heavy atom. The molecule has 0 aromatic carbocycles. The van der Waals surface area contributed by atoms with E-state index >= 15 is 0 Å². The summed E-state index contributed by atoms with van der Waals surface area (Å²) in [7, 11) is 1.67. The number of rotatable bonds is 5. The van der Waals surface area contributed by atoms with Gasteiger partial charge in [0.2, 0.25) is 0 Å². The number of hydrogen-bond acceptors (Lipinski definition) is 5. The molecule has 0 bridgehead atoms. The Labute approximate surface area is 113 Å². The van der Waals surface area contributed by atoms with Crippen LogP contribution in [0.2, 0.25) is 0 Å². The van der Waals surface area contributed by atoms with E-state index in [0.717, 1.165) is 15.6 Å². The summed E-state index contributed by atoms with van der Waals surface area (Å²) < 4.78 is 5.10. The van der Waals surface area contributed by atoms with Crippen molar-refractivity contribution in [2.75, 3.05) is 13.7 Å². The maximum Gasteiger partial charge on any atom is 0.336 e. The number of nitrogens with zero attached hydrogens (tertiary/aromatic N) is 1. The zero-order valence-electron chi connectivity index (χ0n) is 10.0. The van der Waals surface area contributed by atoms with Crippen molar-refractivity contribution in [2.45, 2.75) is 12.8 Å². The lowest BCUT2D eigenvalue weighted by atomic mass is 10.2. The van der Waals surface area contributed by atoms with Crippen LogP contribution in [0.4, 0.5) is 0 Å². The van der Waals surface area contributed by atoms with Gasteiger partial charge in [0.15, 0.2) is 0 Å². The molecule has 0 spiro atoms. The molecule has 1 unspecified atom stereocenters. The van der Waals surface area contributed by atoms with Gasteiger partial charge in [0.25, 0.3) is 0 Å². The molecule has 4 nitrogen and oxygen atoms in total. The van der Waals surface area contributed by atoms with Gasteiger partial charge in [0, 0.05) is 23.8 Å². The van der Waals surface area contributed by atoms with E-state index in [1.54, 1.807) is 29.9 Å². The summed E-state index contributed by atoms with van der Waals surface area (Å²) in [6.07, 6.45) is 0. The molecule has 1 atom stereocenters. The maximum atomic E-state index is 10.8. The van der Waals surface area contributed by atoms with Crippen molar-refractivity contribution in [3.05, 3.63) is 27.4 Å². The number of aromatic carboxylic acids is 1. The molecule has 0 aliphatic carbocycles. The highest BCUT2D eigenvalue weighted by molar-refractivity contribution is 7.14. The molecular formula is C12H13NO3S2. The molecule has 0 radical (unpaired) electrons. The first kappa shape index (κ1) is 13.2. The van der Waals surface area contributed by atoms with Gasteiger partial charge in [-0.05, 0) is 6.07 Å². The minimum atomic E-state index is -0.902. The van der Waals surface area contributed by atoms with E-state index in [9.17, 15) is 4.79 Å². The van der Waals surface area contributed by atoms with Crippen molar-refractivity contribution in [1.29, 1.82) is 0 Å². The first-order chi connectivity index (χ1) is 8.61. The predicted octanol–water partition coefficient (Wildman–Crippen LogP) is 3.32. The van der Waals surface area contributed by atoms with Crippen LogP contribution >= 0.6 is 22.7 Å². The van der Waals surface area contributed by atoms with Gasteiger partial charge in [0.1, 0.15) is 0 Å². The smallest absolute Gasteiger partial charge is 0.336 e. The van der Waals surface area contributed by atoms with Crippen LogP contribution in [0.15, 0.2) is 16.8 Å². The summed E-state index contributed by atoms with van der Waals surface area (Å²) in [5.74, 6) is -0.645. The van der Waals surface area contributed by atoms with Crippen LogP contribution in [-0.2, 0) is 4.74 Å². The molecule has 0 saturated carbocycles. The van der Waals surface area contributed by atoms with Gasteiger partial charge in [-0.2, -0.15) is 0 Å². The highest BCUT2D eigenvalue weighted by Crippen LogP contribution is 2.30. The van der Waals surface area contributed by atoms with Crippen molar-refractivity contribution in [1.82, 2.24) is 4.98 Å². The molecule has 2 aromatic heterocycles. The molecule has 2 rings (SSSR count). The summed E-state index contributed by atoms with van der Waals surface area (Å²) in [5.41, 5.74) is 1.16.